The highest BCUT2D eigenvalue weighted by Gasteiger charge is 2.09. The van der Waals surface area contributed by atoms with Crippen molar-refractivity contribution in [2.45, 2.75) is 6.61 Å². The van der Waals surface area contributed by atoms with Crippen LogP contribution in [0.25, 0.3) is 11.4 Å². The van der Waals surface area contributed by atoms with E-state index in [1.165, 1.54) is 18.2 Å². The molecule has 2 aromatic rings. The molecule has 2 rings (SSSR count). The Morgan fingerprint density at radius 3 is 2.87 bits per heavy atom. The Kier molecular flexibility index (Phi) is 2.66. The molecule has 0 saturated carbocycles. The molecule has 0 amide bonds. The molecule has 0 spiro atoms. The van der Waals surface area contributed by atoms with Crippen LogP contribution in [0.4, 0.5) is 4.39 Å². The van der Waals surface area contributed by atoms with Gasteiger partial charge in [-0.2, -0.15) is 4.98 Å². The maximum atomic E-state index is 12.8. The van der Waals surface area contributed by atoms with Crippen molar-refractivity contribution < 1.29 is 14.0 Å². The highest BCUT2D eigenvalue weighted by atomic mass is 35.5. The third-order valence-corrected chi connectivity index (χ3v) is 2.07. The van der Waals surface area contributed by atoms with E-state index >= 15 is 0 Å². The van der Waals surface area contributed by atoms with Crippen molar-refractivity contribution in [1.29, 1.82) is 0 Å². The Morgan fingerprint density at radius 1 is 1.47 bits per heavy atom. The smallest absolute Gasteiger partial charge is 0.252 e. The zero-order chi connectivity index (χ0) is 10.8. The van der Waals surface area contributed by atoms with E-state index in [2.05, 4.69) is 10.1 Å². The summed E-state index contributed by atoms with van der Waals surface area (Å²) in [6.45, 7) is -0.331. The average molecular weight is 229 g/mol. The summed E-state index contributed by atoms with van der Waals surface area (Å²) in [7, 11) is 0. The molecule has 15 heavy (non-hydrogen) atoms. The van der Waals surface area contributed by atoms with Crippen molar-refractivity contribution >= 4 is 11.6 Å². The van der Waals surface area contributed by atoms with Gasteiger partial charge in [-0.05, 0) is 18.2 Å². The van der Waals surface area contributed by atoms with Crippen LogP contribution in [0.2, 0.25) is 5.02 Å². The summed E-state index contributed by atoms with van der Waals surface area (Å²) in [4.78, 5) is 3.86. The van der Waals surface area contributed by atoms with Gasteiger partial charge >= 0.3 is 0 Å². The maximum Gasteiger partial charge on any atom is 0.252 e. The number of aliphatic hydroxyl groups is 1. The third-order valence-electron chi connectivity index (χ3n) is 1.78. The zero-order valence-corrected chi connectivity index (χ0v) is 8.20. The van der Waals surface area contributed by atoms with Gasteiger partial charge in [-0.15, -0.1) is 0 Å². The standard InChI is InChI=1S/C9H6ClFN2O2/c10-6-3-5(1-2-7(6)11)9-12-8(4-14)15-13-9/h1-3,14H,4H2. The van der Waals surface area contributed by atoms with Crippen molar-refractivity contribution in [3.05, 3.63) is 34.9 Å². The minimum absolute atomic E-state index is 0.0113. The highest BCUT2D eigenvalue weighted by molar-refractivity contribution is 6.31. The minimum atomic E-state index is -0.508. The van der Waals surface area contributed by atoms with Crippen LogP contribution < -0.4 is 0 Å². The monoisotopic (exact) mass is 228 g/mol. The zero-order valence-electron chi connectivity index (χ0n) is 7.44. The van der Waals surface area contributed by atoms with E-state index in [-0.39, 0.29) is 23.3 Å². The SMILES string of the molecule is OCc1nc(-c2ccc(F)c(Cl)c2)no1. The van der Waals surface area contributed by atoms with Gasteiger partial charge in [-0.1, -0.05) is 16.8 Å². The Hall–Kier alpha value is -1.46. The van der Waals surface area contributed by atoms with Gasteiger partial charge in [0.15, 0.2) is 0 Å². The third kappa shape index (κ3) is 1.98. The molecule has 0 aliphatic carbocycles. The van der Waals surface area contributed by atoms with E-state index in [4.69, 9.17) is 21.2 Å². The highest BCUT2D eigenvalue weighted by Crippen LogP contribution is 2.22. The molecule has 6 heteroatoms. The van der Waals surface area contributed by atoms with Gasteiger partial charge in [0, 0.05) is 5.56 Å². The molecule has 1 aromatic carbocycles. The summed E-state index contributed by atoms with van der Waals surface area (Å²) in [6.07, 6.45) is 0. The summed E-state index contributed by atoms with van der Waals surface area (Å²) in [5.41, 5.74) is 0.532. The first-order valence-corrected chi connectivity index (χ1v) is 4.47. The molecule has 0 aliphatic heterocycles. The molecule has 0 atom stereocenters. The van der Waals surface area contributed by atoms with Crippen LogP contribution in [0.3, 0.4) is 0 Å². The number of halogens is 2. The Balaban J connectivity index is 2.40. The van der Waals surface area contributed by atoms with Crippen LogP contribution in [0, 0.1) is 5.82 Å². The molecule has 1 aromatic heterocycles. The van der Waals surface area contributed by atoms with Crippen molar-refractivity contribution in [2.75, 3.05) is 0 Å². The topological polar surface area (TPSA) is 59.2 Å². The lowest BCUT2D eigenvalue weighted by atomic mass is 10.2. The number of nitrogens with zero attached hydrogens (tertiary/aromatic N) is 2. The Bertz CT molecular complexity index is 487. The first kappa shape index (κ1) is 10.1. The average Bonchev–Trinajstić information content (AvgIpc) is 2.70. The predicted octanol–water partition coefficient (Wildman–Crippen LogP) is 2.02. The van der Waals surface area contributed by atoms with Crippen molar-refractivity contribution in [2.24, 2.45) is 0 Å². The number of benzene rings is 1. The molecule has 0 fully saturated rings. The van der Waals surface area contributed by atoms with Gasteiger partial charge in [0.1, 0.15) is 12.4 Å². The van der Waals surface area contributed by atoms with Crippen molar-refractivity contribution in [3.8, 4) is 11.4 Å². The van der Waals surface area contributed by atoms with Crippen LogP contribution in [0.15, 0.2) is 22.7 Å². The summed E-state index contributed by atoms with van der Waals surface area (Å²) < 4.78 is 17.5. The largest absolute Gasteiger partial charge is 0.387 e. The molecule has 0 aliphatic rings. The van der Waals surface area contributed by atoms with E-state index in [0.717, 1.165) is 0 Å². The van der Waals surface area contributed by atoms with Crippen LogP contribution in [-0.2, 0) is 6.61 Å². The number of aliphatic hydroxyl groups excluding tert-OH is 1. The summed E-state index contributed by atoms with van der Waals surface area (Å²) in [5, 5.41) is 12.3. The molecule has 0 saturated heterocycles. The summed E-state index contributed by atoms with van der Waals surface area (Å²) in [6, 6.07) is 4.09. The maximum absolute atomic E-state index is 12.8. The van der Waals surface area contributed by atoms with Crippen molar-refractivity contribution in [3.63, 3.8) is 0 Å². The fraction of sp³-hybridized carbons (Fsp3) is 0.111. The van der Waals surface area contributed by atoms with Gasteiger partial charge in [0.2, 0.25) is 5.82 Å². The second kappa shape index (κ2) is 3.96. The van der Waals surface area contributed by atoms with Crippen LogP contribution >= 0.6 is 11.6 Å². The molecule has 4 nitrogen and oxygen atoms in total. The Morgan fingerprint density at radius 2 is 2.27 bits per heavy atom. The lowest BCUT2D eigenvalue weighted by molar-refractivity contribution is 0.222. The first-order chi connectivity index (χ1) is 7.20. The van der Waals surface area contributed by atoms with Crippen LogP contribution in [-0.4, -0.2) is 15.2 Å². The van der Waals surface area contributed by atoms with E-state index in [1.54, 1.807) is 0 Å². The molecule has 78 valence electrons. The van der Waals surface area contributed by atoms with Gasteiger partial charge in [0.25, 0.3) is 5.89 Å². The second-order valence-corrected chi connectivity index (χ2v) is 3.21. The Labute approximate surface area is 89.3 Å². The lowest BCUT2D eigenvalue weighted by Crippen LogP contribution is -1.85. The van der Waals surface area contributed by atoms with Gasteiger partial charge in [0.05, 0.1) is 5.02 Å². The molecular formula is C9H6ClFN2O2. The van der Waals surface area contributed by atoms with E-state index in [1.807, 2.05) is 0 Å². The van der Waals surface area contributed by atoms with E-state index < -0.39 is 5.82 Å². The molecule has 1 N–H and O–H groups in total. The normalized spacial score (nSPS) is 10.6. The van der Waals surface area contributed by atoms with E-state index in [0.29, 0.717) is 5.56 Å². The summed E-state index contributed by atoms with van der Waals surface area (Å²) in [5.74, 6) is -0.141. The molecular weight excluding hydrogens is 223 g/mol. The minimum Gasteiger partial charge on any atom is -0.387 e. The van der Waals surface area contributed by atoms with Crippen LogP contribution in [0.1, 0.15) is 5.89 Å². The fourth-order valence-electron chi connectivity index (χ4n) is 1.07. The van der Waals surface area contributed by atoms with Gasteiger partial charge in [-0.25, -0.2) is 4.39 Å². The first-order valence-electron chi connectivity index (χ1n) is 4.09. The predicted molar refractivity (Wildman–Crippen MR) is 50.6 cm³/mol. The quantitative estimate of drug-likeness (QED) is 0.854. The lowest BCUT2D eigenvalue weighted by Gasteiger charge is -1.96. The molecule has 0 unspecified atom stereocenters. The fourth-order valence-corrected chi connectivity index (χ4v) is 1.25. The van der Waals surface area contributed by atoms with Gasteiger partial charge < -0.3 is 9.63 Å². The molecule has 1 heterocycles. The summed E-state index contributed by atoms with van der Waals surface area (Å²) >= 11 is 5.59. The second-order valence-electron chi connectivity index (χ2n) is 2.80. The van der Waals surface area contributed by atoms with E-state index in [9.17, 15) is 4.39 Å². The molecule has 0 radical (unpaired) electrons. The number of hydrogen-bond acceptors (Lipinski definition) is 4. The number of hydrogen-bond donors (Lipinski definition) is 1. The van der Waals surface area contributed by atoms with Crippen LogP contribution in [0.5, 0.6) is 0 Å². The number of rotatable bonds is 2. The van der Waals surface area contributed by atoms with Gasteiger partial charge in [-0.3, -0.25) is 0 Å². The van der Waals surface area contributed by atoms with Crippen molar-refractivity contribution in [1.82, 2.24) is 10.1 Å². The number of aromatic nitrogens is 2. The molecule has 0 bridgehead atoms.